The van der Waals surface area contributed by atoms with E-state index in [1.807, 2.05) is 18.2 Å². The van der Waals surface area contributed by atoms with Crippen LogP contribution >= 0.6 is 0 Å². The number of hydrogen-bond acceptors (Lipinski definition) is 4. The number of likely N-dealkylation sites (N-methyl/N-ethyl adjacent to an activating group) is 1. The summed E-state index contributed by atoms with van der Waals surface area (Å²) in [6.07, 6.45) is 0.809. The molecule has 0 fully saturated rings. The number of aliphatic hydroxyl groups is 1. The Labute approximate surface area is 124 Å². The molecule has 2 rings (SSSR count). The van der Waals surface area contributed by atoms with Crippen molar-refractivity contribution < 1.29 is 14.7 Å². The molecule has 2 amide bonds. The van der Waals surface area contributed by atoms with Crippen LogP contribution in [0.15, 0.2) is 18.2 Å². The number of nitrogens with one attached hydrogen (secondary N) is 1. The summed E-state index contributed by atoms with van der Waals surface area (Å²) in [5.41, 5.74) is 2.74. The highest BCUT2D eigenvalue weighted by molar-refractivity contribution is 5.96. The van der Waals surface area contributed by atoms with Crippen LogP contribution in [-0.2, 0) is 16.0 Å². The quantitative estimate of drug-likeness (QED) is 0.826. The maximum absolute atomic E-state index is 11.9. The van der Waals surface area contributed by atoms with Gasteiger partial charge in [0.05, 0.1) is 13.2 Å². The van der Waals surface area contributed by atoms with Gasteiger partial charge in [0.1, 0.15) is 0 Å². The van der Waals surface area contributed by atoms with Crippen molar-refractivity contribution in [3.05, 3.63) is 23.8 Å². The third-order valence-corrected chi connectivity index (χ3v) is 3.53. The molecule has 2 N–H and O–H groups in total. The standard InChI is InChI=1S/C15H21N3O3/c1-11(20)18-6-5-12-9-13(3-4-14(12)18)16-15(21)10-17(2)7-8-19/h3-4,9,19H,5-8,10H2,1-2H3,(H,16,21). The molecule has 21 heavy (non-hydrogen) atoms. The van der Waals surface area contributed by atoms with Crippen molar-refractivity contribution in [1.82, 2.24) is 4.90 Å². The normalized spacial score (nSPS) is 13.4. The summed E-state index contributed by atoms with van der Waals surface area (Å²) < 4.78 is 0. The number of nitrogens with zero attached hydrogens (tertiary/aromatic N) is 2. The van der Waals surface area contributed by atoms with Crippen molar-refractivity contribution in [2.45, 2.75) is 13.3 Å². The molecule has 0 radical (unpaired) electrons. The average Bonchev–Trinajstić information content (AvgIpc) is 2.81. The second-order valence-corrected chi connectivity index (χ2v) is 5.27. The fourth-order valence-corrected chi connectivity index (χ4v) is 2.50. The Bertz CT molecular complexity index is 545. The van der Waals surface area contributed by atoms with Crippen molar-refractivity contribution in [2.24, 2.45) is 0 Å². The van der Waals surface area contributed by atoms with Gasteiger partial charge in [0.2, 0.25) is 11.8 Å². The zero-order valence-corrected chi connectivity index (χ0v) is 12.4. The van der Waals surface area contributed by atoms with E-state index in [0.717, 1.165) is 23.4 Å². The number of benzene rings is 1. The minimum absolute atomic E-state index is 0.0313. The van der Waals surface area contributed by atoms with E-state index in [0.29, 0.717) is 13.1 Å². The molecule has 1 aromatic rings. The summed E-state index contributed by atoms with van der Waals surface area (Å²) in [7, 11) is 1.78. The molecule has 1 aromatic carbocycles. The van der Waals surface area contributed by atoms with E-state index < -0.39 is 0 Å². The van der Waals surface area contributed by atoms with Crippen LogP contribution in [0.5, 0.6) is 0 Å². The van der Waals surface area contributed by atoms with Gasteiger partial charge in [-0.3, -0.25) is 14.5 Å². The lowest BCUT2D eigenvalue weighted by molar-refractivity contribution is -0.117. The Balaban J connectivity index is 2.00. The summed E-state index contributed by atoms with van der Waals surface area (Å²) in [5, 5.41) is 11.6. The van der Waals surface area contributed by atoms with Gasteiger partial charge in [-0.1, -0.05) is 0 Å². The van der Waals surface area contributed by atoms with Crippen LogP contribution in [0.25, 0.3) is 0 Å². The first-order chi connectivity index (χ1) is 10.0. The number of amides is 2. The molecule has 0 atom stereocenters. The number of carbonyl (C=O) groups is 2. The molecule has 1 aliphatic rings. The van der Waals surface area contributed by atoms with E-state index in [1.54, 1.807) is 23.8 Å². The summed E-state index contributed by atoms with van der Waals surface area (Å²) in [6, 6.07) is 5.60. The molecule has 6 heteroatoms. The third-order valence-electron chi connectivity index (χ3n) is 3.53. The van der Waals surface area contributed by atoms with Crippen LogP contribution in [0.1, 0.15) is 12.5 Å². The molecule has 0 aromatic heterocycles. The average molecular weight is 291 g/mol. The van der Waals surface area contributed by atoms with E-state index in [9.17, 15) is 9.59 Å². The Morgan fingerprint density at radius 3 is 2.86 bits per heavy atom. The second kappa shape index (κ2) is 6.69. The molecular weight excluding hydrogens is 270 g/mol. The molecule has 1 heterocycles. The van der Waals surface area contributed by atoms with Crippen LogP contribution in [0, 0.1) is 0 Å². The predicted molar refractivity (Wildman–Crippen MR) is 81.4 cm³/mol. The van der Waals surface area contributed by atoms with Crippen LogP contribution in [0.4, 0.5) is 11.4 Å². The summed E-state index contributed by atoms with van der Waals surface area (Å²) in [5.74, 6) is -0.0801. The molecule has 0 bridgehead atoms. The maximum atomic E-state index is 11.9. The Kier molecular flexibility index (Phi) is 4.93. The predicted octanol–water partition coefficient (Wildman–Crippen LogP) is 0.458. The molecule has 0 aliphatic carbocycles. The number of hydrogen-bond donors (Lipinski definition) is 2. The van der Waals surface area contributed by atoms with Gasteiger partial charge < -0.3 is 15.3 Å². The number of rotatable bonds is 5. The monoisotopic (exact) mass is 291 g/mol. The molecule has 0 saturated carbocycles. The molecule has 0 unspecified atom stereocenters. The molecule has 0 spiro atoms. The molecule has 114 valence electrons. The van der Waals surface area contributed by atoms with Crippen LogP contribution in [-0.4, -0.2) is 55.1 Å². The van der Waals surface area contributed by atoms with Crippen molar-refractivity contribution in [2.75, 3.05) is 43.5 Å². The van der Waals surface area contributed by atoms with Gasteiger partial charge in [0, 0.05) is 31.4 Å². The molecule has 0 saturated heterocycles. The number of fused-ring (bicyclic) bond motifs is 1. The van der Waals surface area contributed by atoms with Crippen molar-refractivity contribution in [1.29, 1.82) is 0 Å². The lowest BCUT2D eigenvalue weighted by atomic mass is 10.1. The van der Waals surface area contributed by atoms with Gasteiger partial charge in [0.15, 0.2) is 0 Å². The number of carbonyl (C=O) groups excluding carboxylic acids is 2. The van der Waals surface area contributed by atoms with Gasteiger partial charge in [-0.2, -0.15) is 0 Å². The summed E-state index contributed by atoms with van der Waals surface area (Å²) in [6.45, 7) is 2.98. The van der Waals surface area contributed by atoms with E-state index in [1.165, 1.54) is 0 Å². The summed E-state index contributed by atoms with van der Waals surface area (Å²) >= 11 is 0. The van der Waals surface area contributed by atoms with Gasteiger partial charge in [-0.15, -0.1) is 0 Å². The second-order valence-electron chi connectivity index (χ2n) is 5.27. The largest absolute Gasteiger partial charge is 0.395 e. The molecule has 1 aliphatic heterocycles. The first kappa shape index (κ1) is 15.5. The first-order valence-corrected chi connectivity index (χ1v) is 7.01. The maximum Gasteiger partial charge on any atom is 0.238 e. The van der Waals surface area contributed by atoms with Crippen molar-refractivity contribution in [3.63, 3.8) is 0 Å². The third kappa shape index (κ3) is 3.80. The van der Waals surface area contributed by atoms with Crippen LogP contribution < -0.4 is 10.2 Å². The fourth-order valence-electron chi connectivity index (χ4n) is 2.50. The highest BCUT2D eigenvalue weighted by Gasteiger charge is 2.22. The van der Waals surface area contributed by atoms with Gasteiger partial charge in [-0.25, -0.2) is 0 Å². The fraction of sp³-hybridized carbons (Fsp3) is 0.467. The van der Waals surface area contributed by atoms with Crippen molar-refractivity contribution >= 4 is 23.2 Å². The van der Waals surface area contributed by atoms with Crippen LogP contribution in [0.2, 0.25) is 0 Å². The zero-order chi connectivity index (χ0) is 15.4. The van der Waals surface area contributed by atoms with E-state index in [-0.39, 0.29) is 25.0 Å². The van der Waals surface area contributed by atoms with E-state index in [4.69, 9.17) is 5.11 Å². The minimum atomic E-state index is -0.118. The van der Waals surface area contributed by atoms with Crippen molar-refractivity contribution in [3.8, 4) is 0 Å². The van der Waals surface area contributed by atoms with E-state index >= 15 is 0 Å². The zero-order valence-electron chi connectivity index (χ0n) is 12.4. The Morgan fingerprint density at radius 1 is 1.43 bits per heavy atom. The summed E-state index contributed by atoms with van der Waals surface area (Å²) in [4.78, 5) is 26.9. The first-order valence-electron chi connectivity index (χ1n) is 7.01. The lowest BCUT2D eigenvalue weighted by Gasteiger charge is -2.16. The smallest absolute Gasteiger partial charge is 0.238 e. The SMILES string of the molecule is CC(=O)N1CCc2cc(NC(=O)CN(C)CCO)ccc21. The van der Waals surface area contributed by atoms with Crippen LogP contribution in [0.3, 0.4) is 0 Å². The Hall–Kier alpha value is -1.92. The minimum Gasteiger partial charge on any atom is -0.395 e. The Morgan fingerprint density at radius 2 is 2.19 bits per heavy atom. The molecular formula is C15H21N3O3. The highest BCUT2D eigenvalue weighted by atomic mass is 16.3. The molecule has 6 nitrogen and oxygen atoms in total. The lowest BCUT2D eigenvalue weighted by Crippen LogP contribution is -2.32. The number of anilines is 2. The highest BCUT2D eigenvalue weighted by Crippen LogP contribution is 2.30. The number of aliphatic hydroxyl groups excluding tert-OH is 1. The van der Waals surface area contributed by atoms with Gasteiger partial charge >= 0.3 is 0 Å². The van der Waals surface area contributed by atoms with Gasteiger partial charge in [0.25, 0.3) is 0 Å². The topological polar surface area (TPSA) is 72.9 Å². The van der Waals surface area contributed by atoms with Gasteiger partial charge in [-0.05, 0) is 37.2 Å². The van der Waals surface area contributed by atoms with E-state index in [2.05, 4.69) is 5.32 Å².